The number of aryl methyl sites for hydroxylation is 1. The molecule has 0 aliphatic carbocycles. The van der Waals surface area contributed by atoms with Crippen LogP contribution in [0.5, 0.6) is 0 Å². The van der Waals surface area contributed by atoms with E-state index in [2.05, 4.69) is 25.1 Å². The van der Waals surface area contributed by atoms with Crippen LogP contribution in [0.2, 0.25) is 0 Å². The molecule has 0 amide bonds. The minimum Gasteiger partial charge on any atom is -0.249 e. The molecule has 18 heavy (non-hydrogen) atoms. The Hall–Kier alpha value is -0.830. The number of nitrogens with zero attached hydrogens (tertiary/aromatic N) is 1. The topological polar surface area (TPSA) is 29.4 Å². The smallest absolute Gasteiger partial charge is 0.0730 e. The summed E-state index contributed by atoms with van der Waals surface area (Å²) in [4.78, 5) is 0. The van der Waals surface area contributed by atoms with Gasteiger partial charge < -0.3 is 0 Å². The highest BCUT2D eigenvalue weighted by Crippen LogP contribution is 2.17. The lowest BCUT2D eigenvalue weighted by Crippen LogP contribution is -2.10. The molecular formula is C15H25NOS. The first-order valence-corrected chi connectivity index (χ1v) is 8.74. The lowest BCUT2D eigenvalue weighted by molar-refractivity contribution is 0.669. The van der Waals surface area contributed by atoms with Crippen LogP contribution in [0, 0.1) is 6.92 Å². The van der Waals surface area contributed by atoms with Gasteiger partial charge in [0, 0.05) is 11.5 Å². The molecule has 3 heteroatoms. The average molecular weight is 267 g/mol. The summed E-state index contributed by atoms with van der Waals surface area (Å²) >= 11 is 0. The molecule has 0 spiro atoms. The van der Waals surface area contributed by atoms with Gasteiger partial charge in [-0.15, -0.1) is 0 Å². The van der Waals surface area contributed by atoms with Gasteiger partial charge in [-0.25, -0.2) is 4.21 Å². The summed E-state index contributed by atoms with van der Waals surface area (Å²) in [5, 5.41) is 0. The second kappa shape index (κ2) is 7.57. The van der Waals surface area contributed by atoms with Gasteiger partial charge in [-0.05, 0) is 31.9 Å². The quantitative estimate of drug-likeness (QED) is 0.704. The van der Waals surface area contributed by atoms with Crippen LogP contribution in [0.3, 0.4) is 0 Å². The number of benzene rings is 1. The van der Waals surface area contributed by atoms with E-state index in [1.807, 2.05) is 24.3 Å². The lowest BCUT2D eigenvalue weighted by atomic mass is 10.2. The summed E-state index contributed by atoms with van der Waals surface area (Å²) in [5.41, 5.74) is 2.07. The lowest BCUT2D eigenvalue weighted by Gasteiger charge is -2.09. The molecule has 0 saturated heterocycles. The predicted octanol–water partition coefficient (Wildman–Crippen LogP) is 4.69. The first-order chi connectivity index (χ1) is 8.59. The summed E-state index contributed by atoms with van der Waals surface area (Å²) in [6, 6.07) is 7.98. The Bertz CT molecular complexity index is 442. The largest absolute Gasteiger partial charge is 0.249 e. The molecule has 0 heterocycles. The normalized spacial score (nSPS) is 11.5. The van der Waals surface area contributed by atoms with E-state index in [1.54, 1.807) is 0 Å². The van der Waals surface area contributed by atoms with E-state index in [0.717, 1.165) is 42.9 Å². The molecule has 0 N–H and O–H groups in total. The van der Waals surface area contributed by atoms with Gasteiger partial charge >= 0.3 is 0 Å². The molecule has 0 saturated carbocycles. The van der Waals surface area contributed by atoms with Crippen molar-refractivity contribution in [3.63, 3.8) is 0 Å². The molecule has 2 nitrogen and oxygen atoms in total. The minimum atomic E-state index is -2.05. The third kappa shape index (κ3) is 5.21. The number of hydrogen-bond donors (Lipinski definition) is 0. The summed E-state index contributed by atoms with van der Waals surface area (Å²) in [7, 11) is -2.05. The molecule has 0 atom stereocenters. The molecule has 1 rings (SSSR count). The van der Waals surface area contributed by atoms with Gasteiger partial charge in [-0.3, -0.25) is 0 Å². The van der Waals surface area contributed by atoms with Crippen molar-refractivity contribution in [1.29, 1.82) is 0 Å². The van der Waals surface area contributed by atoms with Crippen LogP contribution >= 0.6 is 0 Å². The molecule has 0 aliphatic heterocycles. The average Bonchev–Trinajstić information content (AvgIpc) is 2.37. The van der Waals surface area contributed by atoms with Crippen LogP contribution in [0.1, 0.15) is 45.1 Å². The first-order valence-electron chi connectivity index (χ1n) is 6.89. The van der Waals surface area contributed by atoms with Crippen LogP contribution in [0.4, 0.5) is 5.69 Å². The first kappa shape index (κ1) is 15.2. The van der Waals surface area contributed by atoms with Crippen LogP contribution in [0.15, 0.2) is 28.6 Å². The molecule has 0 bridgehead atoms. The Morgan fingerprint density at radius 2 is 1.50 bits per heavy atom. The Morgan fingerprint density at radius 3 is 1.94 bits per heavy atom. The summed E-state index contributed by atoms with van der Waals surface area (Å²) < 4.78 is 17.3. The highest BCUT2D eigenvalue weighted by atomic mass is 32.2. The van der Waals surface area contributed by atoms with Crippen LogP contribution in [-0.4, -0.2) is 15.7 Å². The van der Waals surface area contributed by atoms with Gasteiger partial charge in [0.2, 0.25) is 0 Å². The Labute approximate surface area is 112 Å². The second-order valence-corrected chi connectivity index (χ2v) is 7.36. The third-order valence-electron chi connectivity index (χ3n) is 2.94. The number of hydrogen-bond acceptors (Lipinski definition) is 2. The second-order valence-electron chi connectivity index (χ2n) is 4.81. The fraction of sp³-hybridized carbons (Fsp3) is 0.600. The summed E-state index contributed by atoms with van der Waals surface area (Å²) in [5.74, 6) is 1.47. The molecule has 0 unspecified atom stereocenters. The molecule has 0 aliphatic rings. The zero-order valence-corrected chi connectivity index (χ0v) is 12.6. The Morgan fingerprint density at radius 1 is 1.00 bits per heavy atom. The van der Waals surface area contributed by atoms with Crippen molar-refractivity contribution < 1.29 is 4.21 Å². The van der Waals surface area contributed by atoms with E-state index in [4.69, 9.17) is 0 Å². The molecule has 0 radical (unpaired) electrons. The van der Waals surface area contributed by atoms with Crippen molar-refractivity contribution in [2.24, 2.45) is 4.36 Å². The van der Waals surface area contributed by atoms with Crippen molar-refractivity contribution in [2.75, 3.05) is 11.5 Å². The molecule has 1 aromatic rings. The third-order valence-corrected chi connectivity index (χ3v) is 5.34. The molecular weight excluding hydrogens is 242 g/mol. The van der Waals surface area contributed by atoms with Crippen molar-refractivity contribution in [3.8, 4) is 0 Å². The van der Waals surface area contributed by atoms with Crippen LogP contribution in [-0.2, 0) is 9.73 Å². The maximum atomic E-state index is 12.8. The highest BCUT2D eigenvalue weighted by Gasteiger charge is 2.08. The highest BCUT2D eigenvalue weighted by molar-refractivity contribution is 7.93. The van der Waals surface area contributed by atoms with Gasteiger partial charge in [0.25, 0.3) is 0 Å². The standard InChI is InChI=1S/C15H25NOS/c1-4-6-12-18(17,13-7-5-2)16-15-10-8-14(3)9-11-15/h8-11H,4-7,12-13H2,1-3H3. The van der Waals surface area contributed by atoms with E-state index in [9.17, 15) is 4.21 Å². The summed E-state index contributed by atoms with van der Waals surface area (Å²) in [6.07, 6.45) is 4.15. The van der Waals surface area contributed by atoms with E-state index >= 15 is 0 Å². The Kier molecular flexibility index (Phi) is 6.41. The van der Waals surface area contributed by atoms with Gasteiger partial charge in [-0.1, -0.05) is 44.4 Å². The van der Waals surface area contributed by atoms with E-state index < -0.39 is 9.73 Å². The van der Waals surface area contributed by atoms with Crippen LogP contribution < -0.4 is 0 Å². The van der Waals surface area contributed by atoms with Crippen molar-refractivity contribution in [2.45, 2.75) is 46.5 Å². The minimum absolute atomic E-state index is 0.734. The van der Waals surface area contributed by atoms with Gasteiger partial charge in [0.15, 0.2) is 0 Å². The number of unbranched alkanes of at least 4 members (excludes halogenated alkanes) is 2. The SMILES string of the molecule is CCCCS(=O)(CCCC)=Nc1ccc(C)cc1. The fourth-order valence-corrected chi connectivity index (χ4v) is 4.10. The Balaban J connectivity index is 2.93. The van der Waals surface area contributed by atoms with Crippen LogP contribution in [0.25, 0.3) is 0 Å². The molecule has 102 valence electrons. The zero-order valence-electron chi connectivity index (χ0n) is 11.8. The van der Waals surface area contributed by atoms with Crippen molar-refractivity contribution in [3.05, 3.63) is 29.8 Å². The van der Waals surface area contributed by atoms with Gasteiger partial charge in [0.1, 0.15) is 0 Å². The zero-order chi connectivity index (χ0) is 13.4. The maximum absolute atomic E-state index is 12.8. The van der Waals surface area contributed by atoms with Gasteiger partial charge in [-0.2, -0.15) is 4.36 Å². The molecule has 0 aromatic heterocycles. The van der Waals surface area contributed by atoms with Gasteiger partial charge in [0.05, 0.1) is 15.4 Å². The molecule has 0 fully saturated rings. The van der Waals surface area contributed by atoms with E-state index in [-0.39, 0.29) is 0 Å². The van der Waals surface area contributed by atoms with E-state index in [1.165, 1.54) is 5.56 Å². The van der Waals surface area contributed by atoms with Crippen molar-refractivity contribution >= 4 is 15.4 Å². The monoisotopic (exact) mass is 267 g/mol. The maximum Gasteiger partial charge on any atom is 0.0730 e. The van der Waals surface area contributed by atoms with E-state index in [0.29, 0.717) is 0 Å². The predicted molar refractivity (Wildman–Crippen MR) is 81.0 cm³/mol. The number of rotatable bonds is 7. The van der Waals surface area contributed by atoms with Crippen molar-refractivity contribution in [1.82, 2.24) is 0 Å². The fourth-order valence-electron chi connectivity index (χ4n) is 1.73. The molecule has 1 aromatic carbocycles. The summed E-state index contributed by atoms with van der Waals surface area (Å²) in [6.45, 7) is 6.31.